The van der Waals surface area contributed by atoms with Crippen molar-refractivity contribution < 1.29 is 9.18 Å². The van der Waals surface area contributed by atoms with E-state index in [1.54, 1.807) is 0 Å². The van der Waals surface area contributed by atoms with Gasteiger partial charge < -0.3 is 5.73 Å². The largest absolute Gasteiger partial charge is 0.364 e. The molecule has 2 N–H and O–H groups in total. The average Bonchev–Trinajstić information content (AvgIpc) is 1.84. The fourth-order valence-corrected chi connectivity index (χ4v) is 0.284. The summed E-state index contributed by atoms with van der Waals surface area (Å²) in [5, 5.41) is 0. The van der Waals surface area contributed by atoms with Crippen molar-refractivity contribution in [2.45, 2.75) is 6.92 Å². The topological polar surface area (TPSA) is 43.1 Å². The van der Waals surface area contributed by atoms with Crippen molar-refractivity contribution in [2.24, 2.45) is 5.73 Å². The first-order valence-electron chi connectivity index (χ1n) is 2.38. The zero-order chi connectivity index (χ0) is 7.44. The number of amides is 1. The van der Waals surface area contributed by atoms with Crippen LogP contribution in [-0.4, -0.2) is 5.91 Å². The summed E-state index contributed by atoms with van der Waals surface area (Å²) in [7, 11) is 0. The van der Waals surface area contributed by atoms with Gasteiger partial charge in [-0.25, -0.2) is 4.39 Å². The molecule has 0 fully saturated rings. The van der Waals surface area contributed by atoms with Crippen molar-refractivity contribution in [1.82, 2.24) is 0 Å². The molecule has 0 heterocycles. The van der Waals surface area contributed by atoms with E-state index in [2.05, 4.69) is 12.3 Å². The monoisotopic (exact) mass is 129 g/mol. The summed E-state index contributed by atoms with van der Waals surface area (Å²) in [6.07, 6.45) is 1.24. The molecule has 0 saturated heterocycles. The molecule has 0 aliphatic carbocycles. The Bertz CT molecular complexity index is 172. The second kappa shape index (κ2) is 3.02. The highest BCUT2D eigenvalue weighted by molar-refractivity contribution is 5.90. The van der Waals surface area contributed by atoms with Gasteiger partial charge >= 0.3 is 0 Å². The highest BCUT2D eigenvalue weighted by atomic mass is 19.1. The van der Waals surface area contributed by atoms with Gasteiger partial charge in [-0.2, -0.15) is 0 Å². The van der Waals surface area contributed by atoms with E-state index >= 15 is 0 Å². The molecule has 0 rings (SSSR count). The van der Waals surface area contributed by atoms with E-state index in [0.717, 1.165) is 0 Å². The van der Waals surface area contributed by atoms with Gasteiger partial charge in [-0.15, -0.1) is 0 Å². The van der Waals surface area contributed by atoms with Gasteiger partial charge in [0.05, 0.1) is 0 Å². The molecule has 0 unspecified atom stereocenters. The third-order valence-electron chi connectivity index (χ3n) is 0.869. The molecule has 50 valence electrons. The molecular formula is C6H8FNO. The van der Waals surface area contributed by atoms with E-state index in [9.17, 15) is 9.18 Å². The molecular weight excluding hydrogens is 121 g/mol. The van der Waals surface area contributed by atoms with Gasteiger partial charge in [-0.3, -0.25) is 4.79 Å². The Hall–Kier alpha value is -1.12. The second-order valence-electron chi connectivity index (χ2n) is 1.57. The van der Waals surface area contributed by atoms with E-state index in [1.807, 2.05) is 0 Å². The first kappa shape index (κ1) is 7.88. The summed E-state index contributed by atoms with van der Waals surface area (Å²) in [5.74, 6) is -1.97. The van der Waals surface area contributed by atoms with E-state index in [4.69, 9.17) is 0 Å². The number of carbonyl (C=O) groups is 1. The van der Waals surface area contributed by atoms with Crippen LogP contribution in [0.3, 0.4) is 0 Å². The zero-order valence-corrected chi connectivity index (χ0v) is 5.15. The van der Waals surface area contributed by atoms with Crippen molar-refractivity contribution in [2.75, 3.05) is 0 Å². The van der Waals surface area contributed by atoms with E-state index in [-0.39, 0.29) is 5.57 Å². The molecule has 0 aliphatic rings. The Morgan fingerprint density at radius 2 is 2.22 bits per heavy atom. The Morgan fingerprint density at radius 3 is 2.33 bits per heavy atom. The van der Waals surface area contributed by atoms with E-state index < -0.39 is 11.7 Å². The Balaban J connectivity index is 4.47. The molecule has 0 aromatic carbocycles. The van der Waals surface area contributed by atoms with Crippen LogP contribution < -0.4 is 5.73 Å². The van der Waals surface area contributed by atoms with Crippen molar-refractivity contribution in [3.05, 3.63) is 24.1 Å². The highest BCUT2D eigenvalue weighted by Gasteiger charge is 2.03. The molecule has 0 aromatic rings. The Morgan fingerprint density at radius 1 is 1.78 bits per heavy atom. The number of hydrogen-bond acceptors (Lipinski definition) is 1. The lowest BCUT2D eigenvalue weighted by Crippen LogP contribution is -2.11. The smallest absolute Gasteiger partial charge is 0.277 e. The third-order valence-corrected chi connectivity index (χ3v) is 0.869. The van der Waals surface area contributed by atoms with Crippen LogP contribution in [0.15, 0.2) is 24.1 Å². The van der Waals surface area contributed by atoms with Crippen LogP contribution in [0.5, 0.6) is 0 Å². The SMILES string of the molecule is C=CC(C)=C(F)C(N)=O. The summed E-state index contributed by atoms with van der Waals surface area (Å²) >= 11 is 0. The minimum Gasteiger partial charge on any atom is -0.364 e. The van der Waals surface area contributed by atoms with E-state index in [0.29, 0.717) is 0 Å². The maximum Gasteiger partial charge on any atom is 0.277 e. The van der Waals surface area contributed by atoms with Gasteiger partial charge in [0, 0.05) is 0 Å². The van der Waals surface area contributed by atoms with Gasteiger partial charge in [0.15, 0.2) is 5.83 Å². The molecule has 0 bridgehead atoms. The maximum atomic E-state index is 12.3. The molecule has 0 aromatic heterocycles. The van der Waals surface area contributed by atoms with Crippen LogP contribution in [0.25, 0.3) is 0 Å². The van der Waals surface area contributed by atoms with Gasteiger partial charge in [-0.1, -0.05) is 12.7 Å². The van der Waals surface area contributed by atoms with Gasteiger partial charge in [0.25, 0.3) is 5.91 Å². The van der Waals surface area contributed by atoms with Crippen LogP contribution in [0.4, 0.5) is 4.39 Å². The minimum atomic E-state index is -1.05. The lowest BCUT2D eigenvalue weighted by molar-refractivity contribution is -0.115. The molecule has 0 atom stereocenters. The Labute approximate surface area is 52.9 Å². The van der Waals surface area contributed by atoms with Crippen LogP contribution in [0.1, 0.15) is 6.92 Å². The first-order chi connectivity index (χ1) is 4.09. The molecule has 3 heteroatoms. The predicted molar refractivity (Wildman–Crippen MR) is 33.2 cm³/mol. The molecule has 0 saturated carbocycles. The van der Waals surface area contributed by atoms with Crippen molar-refractivity contribution in [3.63, 3.8) is 0 Å². The molecule has 0 aliphatic heterocycles. The summed E-state index contributed by atoms with van der Waals surface area (Å²) in [4.78, 5) is 10.0. The second-order valence-corrected chi connectivity index (χ2v) is 1.57. The van der Waals surface area contributed by atoms with Crippen molar-refractivity contribution in [3.8, 4) is 0 Å². The lowest BCUT2D eigenvalue weighted by Gasteiger charge is -1.90. The number of primary amides is 1. The normalized spacial score (nSPS) is 12.2. The third kappa shape index (κ3) is 2.08. The average molecular weight is 129 g/mol. The minimum absolute atomic E-state index is 0.169. The van der Waals surface area contributed by atoms with Crippen LogP contribution >= 0.6 is 0 Å². The van der Waals surface area contributed by atoms with Crippen molar-refractivity contribution >= 4 is 5.91 Å². The summed E-state index contributed by atoms with van der Waals surface area (Å²) < 4.78 is 12.3. The highest BCUT2D eigenvalue weighted by Crippen LogP contribution is 2.04. The summed E-state index contributed by atoms with van der Waals surface area (Å²) in [6.45, 7) is 4.68. The number of halogens is 1. The Kier molecular flexibility index (Phi) is 2.64. The number of hydrogen-bond donors (Lipinski definition) is 1. The zero-order valence-electron chi connectivity index (χ0n) is 5.15. The molecule has 0 spiro atoms. The van der Waals surface area contributed by atoms with Crippen molar-refractivity contribution in [1.29, 1.82) is 0 Å². The van der Waals surface area contributed by atoms with Crippen LogP contribution in [0.2, 0.25) is 0 Å². The lowest BCUT2D eigenvalue weighted by atomic mass is 10.2. The molecule has 2 nitrogen and oxygen atoms in total. The van der Waals surface area contributed by atoms with Gasteiger partial charge in [0.1, 0.15) is 0 Å². The molecule has 1 amide bonds. The number of allylic oxidation sites excluding steroid dienone is 2. The number of carbonyl (C=O) groups excluding carboxylic acids is 1. The maximum absolute atomic E-state index is 12.3. The van der Waals surface area contributed by atoms with Gasteiger partial charge in [-0.05, 0) is 12.5 Å². The van der Waals surface area contributed by atoms with Gasteiger partial charge in [0.2, 0.25) is 0 Å². The molecule has 0 radical (unpaired) electrons. The number of nitrogens with two attached hydrogens (primary N) is 1. The van der Waals surface area contributed by atoms with E-state index in [1.165, 1.54) is 13.0 Å². The van der Waals surface area contributed by atoms with Crippen LogP contribution in [-0.2, 0) is 4.79 Å². The summed E-state index contributed by atoms with van der Waals surface area (Å²) in [6, 6.07) is 0. The fourth-order valence-electron chi connectivity index (χ4n) is 0.284. The quantitative estimate of drug-likeness (QED) is 0.437. The summed E-state index contributed by atoms with van der Waals surface area (Å²) in [5.41, 5.74) is 4.76. The van der Waals surface area contributed by atoms with Crippen LogP contribution in [0, 0.1) is 0 Å². The first-order valence-corrected chi connectivity index (χ1v) is 2.38. The predicted octanol–water partition coefficient (Wildman–Crippen LogP) is 0.901. The fraction of sp³-hybridized carbons (Fsp3) is 0.167. The standard InChI is InChI=1S/C6H8FNO/c1-3-4(2)5(7)6(8)9/h3H,1H2,2H3,(H2,8,9). The molecule has 9 heavy (non-hydrogen) atoms. The number of rotatable bonds is 2.